The van der Waals surface area contributed by atoms with E-state index in [-0.39, 0.29) is 17.4 Å². The highest BCUT2D eigenvalue weighted by molar-refractivity contribution is 5.76. The molecule has 1 aromatic rings. The topological polar surface area (TPSA) is 77.2 Å². The summed E-state index contributed by atoms with van der Waals surface area (Å²) in [5, 5.41) is 11.5. The summed E-state index contributed by atoms with van der Waals surface area (Å²) in [5.74, 6) is 1.88. The highest BCUT2D eigenvalue weighted by Gasteiger charge is 2.59. The molecule has 6 nitrogen and oxygen atoms in total. The van der Waals surface area contributed by atoms with Crippen LogP contribution < -0.4 is 5.32 Å². The summed E-state index contributed by atoms with van der Waals surface area (Å²) in [6, 6.07) is 0.280. The molecule has 6 heteroatoms. The van der Waals surface area contributed by atoms with Crippen LogP contribution in [0.4, 0.5) is 0 Å². The number of hydrogen-bond donors (Lipinski definition) is 1. The lowest BCUT2D eigenvalue weighted by atomic mass is 9.51. The van der Waals surface area contributed by atoms with Gasteiger partial charge in [0.15, 0.2) is 0 Å². The SMILES string of the molecule is CCOC1CC(NC(=O)CCc2nnc(C3CCCC3)o2)C12CCC2. The van der Waals surface area contributed by atoms with Crippen molar-refractivity contribution in [1.29, 1.82) is 0 Å². The van der Waals surface area contributed by atoms with Crippen molar-refractivity contribution in [2.75, 3.05) is 6.61 Å². The van der Waals surface area contributed by atoms with Crippen LogP contribution in [0.15, 0.2) is 4.42 Å². The average molecular weight is 347 g/mol. The number of aromatic nitrogens is 2. The molecule has 3 saturated carbocycles. The van der Waals surface area contributed by atoms with Gasteiger partial charge in [-0.3, -0.25) is 4.79 Å². The summed E-state index contributed by atoms with van der Waals surface area (Å²) in [6.45, 7) is 2.80. The van der Waals surface area contributed by atoms with Gasteiger partial charge in [0.1, 0.15) is 0 Å². The number of nitrogens with one attached hydrogen (secondary N) is 1. The molecule has 3 aliphatic rings. The molecule has 3 fully saturated rings. The summed E-state index contributed by atoms with van der Waals surface area (Å²) in [5.41, 5.74) is 0.214. The van der Waals surface area contributed by atoms with Crippen molar-refractivity contribution < 1.29 is 13.9 Å². The first-order valence-corrected chi connectivity index (χ1v) is 9.94. The van der Waals surface area contributed by atoms with Gasteiger partial charge in [-0.15, -0.1) is 10.2 Å². The largest absolute Gasteiger partial charge is 0.425 e. The van der Waals surface area contributed by atoms with Crippen LogP contribution in [-0.4, -0.2) is 34.9 Å². The zero-order chi connectivity index (χ0) is 17.3. The van der Waals surface area contributed by atoms with Gasteiger partial charge in [0.05, 0.1) is 6.10 Å². The van der Waals surface area contributed by atoms with E-state index in [9.17, 15) is 4.79 Å². The Morgan fingerprint density at radius 2 is 2.08 bits per heavy atom. The number of aryl methyl sites for hydroxylation is 1. The summed E-state index contributed by atoms with van der Waals surface area (Å²) < 4.78 is 11.6. The number of ether oxygens (including phenoxy) is 1. The van der Waals surface area contributed by atoms with E-state index in [0.29, 0.717) is 30.8 Å². The van der Waals surface area contributed by atoms with E-state index in [4.69, 9.17) is 9.15 Å². The van der Waals surface area contributed by atoms with Crippen molar-refractivity contribution in [3.05, 3.63) is 11.8 Å². The molecule has 1 N–H and O–H groups in total. The monoisotopic (exact) mass is 347 g/mol. The lowest BCUT2D eigenvalue weighted by Gasteiger charge is -2.61. The number of nitrogens with zero attached hydrogens (tertiary/aromatic N) is 2. The standard InChI is InChI=1S/C19H29N3O3/c1-2-24-15-12-14(19(15)10-5-11-19)20-16(23)8-9-17-21-22-18(25-17)13-6-3-4-7-13/h13-15H,2-12H2,1H3,(H,20,23). The molecular formula is C19H29N3O3. The Hall–Kier alpha value is -1.43. The molecule has 2 unspecified atom stereocenters. The van der Waals surface area contributed by atoms with Crippen LogP contribution in [0, 0.1) is 5.41 Å². The third kappa shape index (κ3) is 3.21. The van der Waals surface area contributed by atoms with E-state index in [1.165, 1.54) is 32.1 Å². The Morgan fingerprint density at radius 3 is 2.76 bits per heavy atom. The predicted molar refractivity (Wildman–Crippen MR) is 92.1 cm³/mol. The smallest absolute Gasteiger partial charge is 0.220 e. The second-order valence-corrected chi connectivity index (χ2v) is 7.90. The number of carbonyl (C=O) groups is 1. The maximum atomic E-state index is 12.3. The molecule has 0 aliphatic heterocycles. The Kier molecular flexibility index (Phi) is 4.80. The van der Waals surface area contributed by atoms with Crippen molar-refractivity contribution in [1.82, 2.24) is 15.5 Å². The summed E-state index contributed by atoms with van der Waals surface area (Å²) in [7, 11) is 0. The maximum absolute atomic E-state index is 12.3. The van der Waals surface area contributed by atoms with Crippen molar-refractivity contribution in [3.63, 3.8) is 0 Å². The van der Waals surface area contributed by atoms with Gasteiger partial charge in [0.25, 0.3) is 0 Å². The van der Waals surface area contributed by atoms with Gasteiger partial charge in [-0.2, -0.15) is 0 Å². The average Bonchev–Trinajstić information content (AvgIpc) is 3.21. The van der Waals surface area contributed by atoms with Crippen molar-refractivity contribution in [2.24, 2.45) is 5.41 Å². The molecule has 138 valence electrons. The van der Waals surface area contributed by atoms with Gasteiger partial charge in [0, 0.05) is 36.8 Å². The summed E-state index contributed by atoms with van der Waals surface area (Å²) in [4.78, 5) is 12.3. The maximum Gasteiger partial charge on any atom is 0.220 e. The first-order chi connectivity index (χ1) is 12.2. The van der Waals surface area contributed by atoms with E-state index in [0.717, 1.165) is 31.8 Å². The minimum atomic E-state index is 0.0897. The van der Waals surface area contributed by atoms with Crippen LogP contribution >= 0.6 is 0 Å². The molecule has 0 aromatic carbocycles. The van der Waals surface area contributed by atoms with Gasteiger partial charge >= 0.3 is 0 Å². The third-order valence-electron chi connectivity index (χ3n) is 6.53. The number of carbonyl (C=O) groups excluding carboxylic acids is 1. The van der Waals surface area contributed by atoms with Gasteiger partial charge in [0.2, 0.25) is 17.7 Å². The van der Waals surface area contributed by atoms with Gasteiger partial charge in [-0.25, -0.2) is 0 Å². The van der Waals surface area contributed by atoms with E-state index < -0.39 is 0 Å². The number of rotatable bonds is 7. The molecule has 1 heterocycles. The summed E-state index contributed by atoms with van der Waals surface area (Å²) >= 11 is 0. The highest BCUT2D eigenvalue weighted by Crippen LogP contribution is 2.57. The van der Waals surface area contributed by atoms with E-state index in [1.54, 1.807) is 0 Å². The Morgan fingerprint density at radius 1 is 1.28 bits per heavy atom. The van der Waals surface area contributed by atoms with E-state index in [2.05, 4.69) is 15.5 Å². The van der Waals surface area contributed by atoms with Crippen molar-refractivity contribution >= 4 is 5.91 Å². The van der Waals surface area contributed by atoms with Gasteiger partial charge in [-0.05, 0) is 39.0 Å². The molecule has 2 atom stereocenters. The molecule has 1 aromatic heterocycles. The van der Waals surface area contributed by atoms with Gasteiger partial charge < -0.3 is 14.5 Å². The van der Waals surface area contributed by atoms with E-state index >= 15 is 0 Å². The first-order valence-electron chi connectivity index (χ1n) is 9.94. The van der Waals surface area contributed by atoms with Crippen LogP contribution in [0.2, 0.25) is 0 Å². The molecule has 3 aliphatic carbocycles. The fourth-order valence-electron chi connectivity index (χ4n) is 4.83. The number of hydrogen-bond acceptors (Lipinski definition) is 5. The Balaban J connectivity index is 1.24. The lowest BCUT2D eigenvalue weighted by Crippen LogP contribution is -2.67. The molecule has 25 heavy (non-hydrogen) atoms. The van der Waals surface area contributed by atoms with E-state index in [1.807, 2.05) is 6.92 Å². The quantitative estimate of drug-likeness (QED) is 0.820. The molecule has 4 rings (SSSR count). The number of amides is 1. The molecule has 1 spiro atoms. The van der Waals surface area contributed by atoms with Crippen LogP contribution in [0.3, 0.4) is 0 Å². The minimum absolute atomic E-state index is 0.0897. The summed E-state index contributed by atoms with van der Waals surface area (Å²) in [6.07, 6.45) is 10.6. The Bertz CT molecular complexity index is 605. The molecule has 0 bridgehead atoms. The molecule has 1 amide bonds. The normalized spacial score (nSPS) is 27.9. The lowest BCUT2D eigenvalue weighted by molar-refractivity contribution is -0.175. The third-order valence-corrected chi connectivity index (χ3v) is 6.53. The van der Waals surface area contributed by atoms with Gasteiger partial charge in [-0.1, -0.05) is 19.3 Å². The minimum Gasteiger partial charge on any atom is -0.425 e. The predicted octanol–water partition coefficient (Wildman–Crippen LogP) is 3.12. The molecule has 0 radical (unpaired) electrons. The fourth-order valence-corrected chi connectivity index (χ4v) is 4.83. The zero-order valence-electron chi connectivity index (χ0n) is 15.1. The zero-order valence-corrected chi connectivity index (χ0v) is 15.1. The van der Waals surface area contributed by atoms with Crippen LogP contribution in [0.5, 0.6) is 0 Å². The second kappa shape index (κ2) is 7.06. The Labute approximate surface area is 149 Å². The van der Waals surface area contributed by atoms with Crippen LogP contribution in [0.25, 0.3) is 0 Å². The van der Waals surface area contributed by atoms with Crippen molar-refractivity contribution in [3.8, 4) is 0 Å². The second-order valence-electron chi connectivity index (χ2n) is 7.90. The first kappa shape index (κ1) is 17.0. The molecular weight excluding hydrogens is 318 g/mol. The highest BCUT2D eigenvalue weighted by atomic mass is 16.5. The van der Waals surface area contributed by atoms with Crippen molar-refractivity contribution in [2.45, 2.75) is 89.2 Å². The fraction of sp³-hybridized carbons (Fsp3) is 0.842. The van der Waals surface area contributed by atoms with Crippen LogP contribution in [0.1, 0.15) is 82.4 Å². The van der Waals surface area contributed by atoms with Crippen LogP contribution in [-0.2, 0) is 16.0 Å². The molecule has 0 saturated heterocycles.